The highest BCUT2D eigenvalue weighted by atomic mass is 16.5. The summed E-state index contributed by atoms with van der Waals surface area (Å²) in [6.07, 6.45) is 3.91. The quantitative estimate of drug-likeness (QED) is 0.258. The lowest BCUT2D eigenvalue weighted by atomic mass is 9.73. The first-order valence-electron chi connectivity index (χ1n) is 14.2. The summed E-state index contributed by atoms with van der Waals surface area (Å²) in [6.45, 7) is 4.89. The molecule has 7 heteroatoms. The highest BCUT2D eigenvalue weighted by molar-refractivity contribution is 6.02. The molecule has 1 unspecified atom stereocenters. The molecule has 2 aliphatic rings. The van der Waals surface area contributed by atoms with Gasteiger partial charge in [-0.3, -0.25) is 9.59 Å². The van der Waals surface area contributed by atoms with E-state index >= 15 is 0 Å². The average Bonchev–Trinajstić information content (AvgIpc) is 3.30. The van der Waals surface area contributed by atoms with Crippen LogP contribution in [0.4, 0.5) is 11.4 Å². The van der Waals surface area contributed by atoms with Crippen LogP contribution < -0.4 is 20.3 Å². The van der Waals surface area contributed by atoms with Crippen LogP contribution >= 0.6 is 0 Å². The Morgan fingerprint density at radius 3 is 2.63 bits per heavy atom. The van der Waals surface area contributed by atoms with E-state index in [1.807, 2.05) is 79.0 Å². The number of carbonyl (C=O) groups is 2. The minimum Gasteiger partial charge on any atom is -0.497 e. The number of para-hydroxylation sites is 2. The number of carbonyl (C=O) groups excluding carboxylic acids is 2. The van der Waals surface area contributed by atoms with Crippen LogP contribution in [0.1, 0.15) is 43.9 Å². The summed E-state index contributed by atoms with van der Waals surface area (Å²) in [5.74, 6) is 0.841. The molecule has 210 valence electrons. The van der Waals surface area contributed by atoms with Gasteiger partial charge in [0.05, 0.1) is 31.1 Å². The first kappa shape index (κ1) is 26.7. The normalized spacial score (nSPS) is 17.9. The Bertz CT molecular complexity index is 1640. The molecule has 0 fully saturated rings. The highest BCUT2D eigenvalue weighted by Gasteiger charge is 2.41. The number of allylic oxidation sites excluding steroid dienone is 1. The molecular weight excluding hydrogens is 512 g/mol. The lowest BCUT2D eigenvalue weighted by molar-refractivity contribution is -0.120. The van der Waals surface area contributed by atoms with E-state index in [1.165, 1.54) is 0 Å². The number of H-pyrrole nitrogens is 1. The smallest absolute Gasteiger partial charge is 0.239 e. The van der Waals surface area contributed by atoms with Crippen molar-refractivity contribution in [3.8, 4) is 5.75 Å². The van der Waals surface area contributed by atoms with Crippen molar-refractivity contribution in [2.75, 3.05) is 30.4 Å². The Morgan fingerprint density at radius 1 is 1.05 bits per heavy atom. The van der Waals surface area contributed by atoms with Crippen molar-refractivity contribution in [2.45, 2.75) is 39.2 Å². The topological polar surface area (TPSA) is 86.5 Å². The number of anilines is 2. The predicted octanol–water partition coefficient (Wildman–Crippen LogP) is 6.15. The summed E-state index contributed by atoms with van der Waals surface area (Å²) in [6, 6.07) is 23.6. The van der Waals surface area contributed by atoms with E-state index in [9.17, 15) is 9.59 Å². The molecule has 1 aliphatic carbocycles. The minimum atomic E-state index is -0.377. The van der Waals surface area contributed by atoms with Gasteiger partial charge in [0.15, 0.2) is 5.78 Å². The molecule has 0 radical (unpaired) electrons. The number of hydrogen-bond donors (Lipinski definition) is 3. The second kappa shape index (κ2) is 10.8. The molecule has 0 saturated carbocycles. The predicted molar refractivity (Wildman–Crippen MR) is 163 cm³/mol. The molecule has 3 N–H and O–H groups in total. The zero-order chi connectivity index (χ0) is 28.6. The zero-order valence-corrected chi connectivity index (χ0v) is 23.8. The van der Waals surface area contributed by atoms with Crippen LogP contribution in [0, 0.1) is 5.41 Å². The number of ketones is 1. The van der Waals surface area contributed by atoms with Crippen LogP contribution in [0.15, 0.2) is 90.3 Å². The van der Waals surface area contributed by atoms with E-state index < -0.39 is 0 Å². The number of ether oxygens (including phenoxy) is 1. The fraction of sp³-hybridized carbons (Fsp3) is 0.294. The molecule has 3 aromatic carbocycles. The summed E-state index contributed by atoms with van der Waals surface area (Å²) in [5, 5.41) is 7.84. The maximum atomic E-state index is 13.8. The standard InChI is InChI=1S/C34H36N4O3/c1-34(2)18-28-32(30(39)19-34)33(22-9-5-4-6-10-22)38(29-12-8-7-11-27(29)37-28)21-31(40)35-16-15-23-20-36-26-14-13-24(41-3)17-25(23)26/h4-14,17,20,33,36-37H,15-16,18-19,21H2,1-3H3,(H,35,40). The van der Waals surface area contributed by atoms with Crippen molar-refractivity contribution < 1.29 is 14.3 Å². The third kappa shape index (κ3) is 5.32. The van der Waals surface area contributed by atoms with Crippen LogP contribution in [0.2, 0.25) is 0 Å². The molecule has 4 aromatic rings. The van der Waals surface area contributed by atoms with E-state index in [1.54, 1.807) is 7.11 Å². The van der Waals surface area contributed by atoms with E-state index in [-0.39, 0.29) is 29.7 Å². The maximum absolute atomic E-state index is 13.8. The summed E-state index contributed by atoms with van der Waals surface area (Å²) < 4.78 is 5.39. The summed E-state index contributed by atoms with van der Waals surface area (Å²) in [5.41, 5.74) is 6.53. The van der Waals surface area contributed by atoms with Crippen molar-refractivity contribution in [1.82, 2.24) is 10.3 Å². The van der Waals surface area contributed by atoms with Gasteiger partial charge >= 0.3 is 0 Å². The number of rotatable bonds is 7. The lowest BCUT2D eigenvalue weighted by Crippen LogP contribution is -2.42. The monoisotopic (exact) mass is 548 g/mol. The first-order valence-corrected chi connectivity index (χ1v) is 14.2. The third-order valence-corrected chi connectivity index (χ3v) is 8.12. The van der Waals surface area contributed by atoms with Crippen LogP contribution in [-0.2, 0) is 16.0 Å². The van der Waals surface area contributed by atoms with Gasteiger partial charge in [-0.15, -0.1) is 0 Å². The van der Waals surface area contributed by atoms with Crippen LogP contribution in [0.3, 0.4) is 0 Å². The molecule has 0 bridgehead atoms. The van der Waals surface area contributed by atoms with Gasteiger partial charge in [0.25, 0.3) is 0 Å². The number of aromatic nitrogens is 1. The number of aromatic amines is 1. The fourth-order valence-corrected chi connectivity index (χ4v) is 6.25. The molecule has 0 saturated heterocycles. The van der Waals surface area contributed by atoms with Crippen molar-refractivity contribution in [3.05, 3.63) is 101 Å². The molecule has 1 aromatic heterocycles. The van der Waals surface area contributed by atoms with Crippen LogP contribution in [0.25, 0.3) is 10.9 Å². The number of benzene rings is 3. The second-order valence-corrected chi connectivity index (χ2v) is 11.7. The number of methoxy groups -OCH3 is 1. The van der Waals surface area contributed by atoms with Gasteiger partial charge in [0.1, 0.15) is 5.75 Å². The fourth-order valence-electron chi connectivity index (χ4n) is 6.25. The number of fused-ring (bicyclic) bond motifs is 2. The van der Waals surface area contributed by atoms with Crippen LogP contribution in [0.5, 0.6) is 5.75 Å². The van der Waals surface area contributed by atoms with Gasteiger partial charge < -0.3 is 25.3 Å². The number of amides is 1. The van der Waals surface area contributed by atoms with E-state index in [2.05, 4.69) is 34.4 Å². The van der Waals surface area contributed by atoms with Crippen molar-refractivity contribution in [1.29, 1.82) is 0 Å². The molecule has 41 heavy (non-hydrogen) atoms. The van der Waals surface area contributed by atoms with Gasteiger partial charge in [-0.2, -0.15) is 0 Å². The molecule has 1 aliphatic heterocycles. The Kier molecular flexibility index (Phi) is 7.03. The van der Waals surface area contributed by atoms with Crippen molar-refractivity contribution in [2.24, 2.45) is 5.41 Å². The molecule has 6 rings (SSSR count). The highest BCUT2D eigenvalue weighted by Crippen LogP contribution is 2.48. The summed E-state index contributed by atoms with van der Waals surface area (Å²) in [4.78, 5) is 32.7. The summed E-state index contributed by atoms with van der Waals surface area (Å²) in [7, 11) is 1.66. The molecular formula is C34H36N4O3. The molecule has 0 spiro atoms. The largest absolute Gasteiger partial charge is 0.497 e. The number of Topliss-reactive ketones (excluding diaryl/α,β-unsaturated/α-hetero) is 1. The van der Waals surface area contributed by atoms with Gasteiger partial charge in [-0.05, 0) is 59.7 Å². The Labute approximate surface area is 240 Å². The van der Waals surface area contributed by atoms with E-state index in [0.29, 0.717) is 19.4 Å². The average molecular weight is 549 g/mol. The zero-order valence-electron chi connectivity index (χ0n) is 23.8. The summed E-state index contributed by atoms with van der Waals surface area (Å²) >= 11 is 0. The van der Waals surface area contributed by atoms with Gasteiger partial charge in [0.2, 0.25) is 5.91 Å². The Balaban J connectivity index is 1.29. The first-order chi connectivity index (χ1) is 19.8. The Hall–Kier alpha value is -4.52. The van der Waals surface area contributed by atoms with Crippen LogP contribution in [-0.4, -0.2) is 36.9 Å². The van der Waals surface area contributed by atoms with E-state index in [0.717, 1.165) is 56.8 Å². The second-order valence-electron chi connectivity index (χ2n) is 11.7. The minimum absolute atomic E-state index is 0.0919. The molecule has 7 nitrogen and oxygen atoms in total. The number of hydrogen-bond acceptors (Lipinski definition) is 5. The van der Waals surface area contributed by atoms with Crippen molar-refractivity contribution >= 4 is 34.0 Å². The van der Waals surface area contributed by atoms with E-state index in [4.69, 9.17) is 4.74 Å². The number of nitrogens with one attached hydrogen (secondary N) is 3. The number of nitrogens with zero attached hydrogens (tertiary/aromatic N) is 1. The van der Waals surface area contributed by atoms with Crippen molar-refractivity contribution in [3.63, 3.8) is 0 Å². The SMILES string of the molecule is COc1ccc2[nH]cc(CCNC(=O)CN3c4ccccc4NC4=C(C(=O)CC(C)(C)C4)C3c3ccccc3)c2c1. The molecule has 2 heterocycles. The molecule has 1 atom stereocenters. The van der Waals surface area contributed by atoms with Gasteiger partial charge in [-0.1, -0.05) is 56.3 Å². The van der Waals surface area contributed by atoms with Gasteiger partial charge in [-0.25, -0.2) is 0 Å². The maximum Gasteiger partial charge on any atom is 0.239 e. The lowest BCUT2D eigenvalue weighted by Gasteiger charge is -2.37. The third-order valence-electron chi connectivity index (χ3n) is 8.12. The molecule has 1 amide bonds. The van der Waals surface area contributed by atoms with Gasteiger partial charge in [0, 0.05) is 41.3 Å². The Morgan fingerprint density at radius 2 is 1.83 bits per heavy atom.